The molecule has 0 aliphatic heterocycles. The predicted molar refractivity (Wildman–Crippen MR) is 84.2 cm³/mol. The molecule has 2 aromatic rings. The third-order valence-corrected chi connectivity index (χ3v) is 6.10. The Morgan fingerprint density at radius 3 is 2.30 bits per heavy atom. The third-order valence-electron chi connectivity index (χ3n) is 2.88. The van der Waals surface area contributed by atoms with Crippen molar-refractivity contribution in [3.05, 3.63) is 50.1 Å². The lowest BCUT2D eigenvalue weighted by atomic mass is 10.3. The van der Waals surface area contributed by atoms with Gasteiger partial charge >= 0.3 is 0 Å². The number of sulfonamides is 1. The van der Waals surface area contributed by atoms with Crippen LogP contribution in [0.25, 0.3) is 0 Å². The fourth-order valence-corrected chi connectivity index (χ4v) is 4.62. The monoisotopic (exact) mass is 349 g/mol. The van der Waals surface area contributed by atoms with Crippen molar-refractivity contribution in [2.24, 2.45) is 0 Å². The highest BCUT2D eigenvalue weighted by Crippen LogP contribution is 2.26. The molecule has 0 spiro atoms. The minimum atomic E-state index is -3.61. The predicted octanol–water partition coefficient (Wildman–Crippen LogP) is 4.18. The fourth-order valence-electron chi connectivity index (χ4n) is 1.71. The highest BCUT2D eigenvalue weighted by atomic mass is 35.5. The van der Waals surface area contributed by atoms with Crippen LogP contribution in [0.15, 0.2) is 34.5 Å². The zero-order valence-corrected chi connectivity index (χ0v) is 14.1. The van der Waals surface area contributed by atoms with E-state index >= 15 is 0 Å². The molecule has 0 saturated heterocycles. The molecule has 7 heteroatoms. The van der Waals surface area contributed by atoms with E-state index in [1.54, 1.807) is 7.05 Å². The number of thiophene rings is 1. The van der Waals surface area contributed by atoms with Gasteiger partial charge < -0.3 is 0 Å². The van der Waals surface area contributed by atoms with E-state index in [0.29, 0.717) is 16.6 Å². The first kappa shape index (κ1) is 15.8. The molecular weight excluding hydrogens is 337 g/mol. The van der Waals surface area contributed by atoms with Crippen LogP contribution in [0.3, 0.4) is 0 Å². The highest BCUT2D eigenvalue weighted by Gasteiger charge is 2.22. The summed E-state index contributed by atoms with van der Waals surface area (Å²) in [5.74, 6) is 0. The molecule has 3 nitrogen and oxygen atoms in total. The molecule has 0 fully saturated rings. The largest absolute Gasteiger partial charge is 0.243 e. The molecule has 1 aromatic heterocycles. The van der Waals surface area contributed by atoms with Gasteiger partial charge in [-0.05, 0) is 42.1 Å². The smallest absolute Gasteiger partial charge is 0.207 e. The van der Waals surface area contributed by atoms with Crippen molar-refractivity contribution in [1.29, 1.82) is 0 Å². The number of rotatable bonds is 4. The molecule has 0 atom stereocenters. The minimum Gasteiger partial charge on any atom is -0.207 e. The average Bonchev–Trinajstić information content (AvgIpc) is 2.73. The maximum absolute atomic E-state index is 12.5. The summed E-state index contributed by atoms with van der Waals surface area (Å²) in [5.41, 5.74) is 1.08. The van der Waals surface area contributed by atoms with Crippen LogP contribution in [-0.2, 0) is 16.6 Å². The maximum Gasteiger partial charge on any atom is 0.243 e. The molecule has 1 aromatic carbocycles. The van der Waals surface area contributed by atoms with Gasteiger partial charge in [0, 0.05) is 28.5 Å². The number of hydrogen-bond acceptors (Lipinski definition) is 3. The average molecular weight is 350 g/mol. The van der Waals surface area contributed by atoms with E-state index in [1.165, 1.54) is 33.8 Å². The molecule has 0 radical (unpaired) electrons. The summed E-state index contributed by atoms with van der Waals surface area (Å²) < 4.78 is 26.3. The molecule has 0 aliphatic carbocycles. The van der Waals surface area contributed by atoms with E-state index in [2.05, 4.69) is 0 Å². The van der Waals surface area contributed by atoms with E-state index in [9.17, 15) is 8.42 Å². The zero-order valence-electron chi connectivity index (χ0n) is 10.9. The first-order chi connectivity index (χ1) is 9.30. The normalized spacial score (nSPS) is 12.1. The second-order valence-corrected chi connectivity index (χ2v) is 8.31. The third kappa shape index (κ3) is 3.35. The summed E-state index contributed by atoms with van der Waals surface area (Å²) in [5, 5.41) is 2.55. The van der Waals surface area contributed by atoms with Crippen LogP contribution in [0.4, 0.5) is 0 Å². The van der Waals surface area contributed by atoms with Gasteiger partial charge in [0.25, 0.3) is 0 Å². The first-order valence-corrected chi connectivity index (χ1v) is 8.83. The second kappa shape index (κ2) is 6.03. The molecule has 0 amide bonds. The highest BCUT2D eigenvalue weighted by molar-refractivity contribution is 7.89. The van der Waals surface area contributed by atoms with Crippen LogP contribution in [0.2, 0.25) is 10.0 Å². The van der Waals surface area contributed by atoms with Crippen molar-refractivity contribution >= 4 is 44.6 Å². The number of halogens is 2. The van der Waals surface area contributed by atoms with Crippen molar-refractivity contribution in [3.8, 4) is 0 Å². The minimum absolute atomic E-state index is 0.103. The molecule has 0 bridgehead atoms. The van der Waals surface area contributed by atoms with E-state index in [4.69, 9.17) is 23.2 Å². The van der Waals surface area contributed by atoms with Crippen LogP contribution < -0.4 is 0 Å². The van der Waals surface area contributed by atoms with Crippen LogP contribution in [0.5, 0.6) is 0 Å². The second-order valence-electron chi connectivity index (χ2n) is 4.39. The lowest BCUT2D eigenvalue weighted by Crippen LogP contribution is -2.26. The van der Waals surface area contributed by atoms with Gasteiger partial charge in [0.05, 0.1) is 4.90 Å². The molecule has 0 unspecified atom stereocenters. The van der Waals surface area contributed by atoms with Gasteiger partial charge in [-0.25, -0.2) is 8.42 Å². The molecule has 2 rings (SSSR count). The van der Waals surface area contributed by atoms with Gasteiger partial charge in [-0.15, -0.1) is 11.3 Å². The molecule has 1 heterocycles. The molecule has 108 valence electrons. The Hall–Kier alpha value is -0.590. The number of hydrogen-bond donors (Lipinski definition) is 0. The summed E-state index contributed by atoms with van der Waals surface area (Å²) in [6.45, 7) is 2.29. The Balaban J connectivity index is 2.32. The lowest BCUT2D eigenvalue weighted by molar-refractivity contribution is 0.469. The first-order valence-electron chi connectivity index (χ1n) is 5.76. The Labute approximate surface area is 132 Å². The zero-order chi connectivity index (χ0) is 14.9. The summed E-state index contributed by atoms with van der Waals surface area (Å²) >= 11 is 13.3. The van der Waals surface area contributed by atoms with Crippen LogP contribution in [0.1, 0.15) is 10.4 Å². The summed E-state index contributed by atoms with van der Waals surface area (Å²) in [6, 6.07) is 6.28. The molecule has 0 N–H and O–H groups in total. The van der Waals surface area contributed by atoms with Crippen molar-refractivity contribution in [1.82, 2.24) is 4.31 Å². The van der Waals surface area contributed by atoms with E-state index in [1.807, 2.05) is 18.4 Å². The molecule has 0 aliphatic rings. The van der Waals surface area contributed by atoms with Crippen molar-refractivity contribution in [2.45, 2.75) is 18.4 Å². The van der Waals surface area contributed by atoms with Crippen LogP contribution in [0, 0.1) is 6.92 Å². The standard InChI is InChI=1S/C13H13Cl2NO2S2/c1-9-3-4-19-13(9)8-16(2)20(17,18)12-6-10(14)5-11(15)7-12/h3-7H,8H2,1-2H3. The number of aryl methyl sites for hydroxylation is 1. The molecular formula is C13H13Cl2NO2S2. The summed E-state index contributed by atoms with van der Waals surface area (Å²) in [6.07, 6.45) is 0. The summed E-state index contributed by atoms with van der Waals surface area (Å²) in [7, 11) is -2.06. The van der Waals surface area contributed by atoms with Gasteiger partial charge in [0.15, 0.2) is 0 Å². The van der Waals surface area contributed by atoms with E-state index in [-0.39, 0.29) is 4.90 Å². The van der Waals surface area contributed by atoms with Crippen molar-refractivity contribution in [3.63, 3.8) is 0 Å². The van der Waals surface area contributed by atoms with Gasteiger partial charge in [-0.1, -0.05) is 23.2 Å². The fraction of sp³-hybridized carbons (Fsp3) is 0.231. The Morgan fingerprint density at radius 2 is 1.80 bits per heavy atom. The summed E-state index contributed by atoms with van der Waals surface area (Å²) in [4.78, 5) is 1.12. The molecule has 20 heavy (non-hydrogen) atoms. The van der Waals surface area contributed by atoms with Gasteiger partial charge in [-0.3, -0.25) is 0 Å². The molecule has 0 saturated carbocycles. The lowest BCUT2D eigenvalue weighted by Gasteiger charge is -2.17. The van der Waals surface area contributed by atoms with Crippen molar-refractivity contribution in [2.75, 3.05) is 7.05 Å². The van der Waals surface area contributed by atoms with E-state index in [0.717, 1.165) is 10.4 Å². The van der Waals surface area contributed by atoms with Crippen LogP contribution >= 0.6 is 34.5 Å². The van der Waals surface area contributed by atoms with Gasteiger partial charge in [0.2, 0.25) is 10.0 Å². The van der Waals surface area contributed by atoms with Crippen LogP contribution in [-0.4, -0.2) is 19.8 Å². The number of benzene rings is 1. The van der Waals surface area contributed by atoms with Gasteiger partial charge in [-0.2, -0.15) is 4.31 Å². The quantitative estimate of drug-likeness (QED) is 0.829. The SMILES string of the molecule is Cc1ccsc1CN(C)S(=O)(=O)c1cc(Cl)cc(Cl)c1. The Bertz CT molecular complexity index is 705. The Morgan fingerprint density at radius 1 is 1.20 bits per heavy atom. The van der Waals surface area contributed by atoms with Crippen molar-refractivity contribution < 1.29 is 8.42 Å². The van der Waals surface area contributed by atoms with Gasteiger partial charge in [0.1, 0.15) is 0 Å². The maximum atomic E-state index is 12.5. The Kier molecular flexibility index (Phi) is 4.76. The topological polar surface area (TPSA) is 37.4 Å². The van der Waals surface area contributed by atoms with E-state index < -0.39 is 10.0 Å². The number of nitrogens with zero attached hydrogens (tertiary/aromatic N) is 1.